The van der Waals surface area contributed by atoms with Gasteiger partial charge >= 0.3 is 0 Å². The number of methoxy groups -OCH3 is 2. The molecule has 0 fully saturated rings. The molecule has 0 aromatic heterocycles. The van der Waals surface area contributed by atoms with E-state index in [4.69, 9.17) is 9.47 Å². The molecule has 1 unspecified atom stereocenters. The third-order valence-corrected chi connectivity index (χ3v) is 3.43. The summed E-state index contributed by atoms with van der Waals surface area (Å²) >= 11 is 0. The van der Waals surface area contributed by atoms with Crippen LogP contribution >= 0.6 is 0 Å². The van der Waals surface area contributed by atoms with Gasteiger partial charge in [0.05, 0.1) is 7.11 Å². The molecule has 1 atom stereocenters. The number of nitrogens with one attached hydrogen (secondary N) is 1. The lowest BCUT2D eigenvalue weighted by Gasteiger charge is -2.19. The van der Waals surface area contributed by atoms with Gasteiger partial charge in [-0.15, -0.1) is 0 Å². The van der Waals surface area contributed by atoms with E-state index < -0.39 is 0 Å². The Hall–Kier alpha value is -1.06. The van der Waals surface area contributed by atoms with Gasteiger partial charge in [0, 0.05) is 25.8 Å². The molecule has 114 valence electrons. The number of unbranched alkanes of at least 4 members (excludes halogenated alkanes) is 1. The van der Waals surface area contributed by atoms with Gasteiger partial charge in [0.15, 0.2) is 0 Å². The van der Waals surface area contributed by atoms with E-state index in [9.17, 15) is 0 Å². The van der Waals surface area contributed by atoms with Gasteiger partial charge in [-0.2, -0.15) is 0 Å². The second-order valence-electron chi connectivity index (χ2n) is 5.56. The zero-order valence-electron chi connectivity index (χ0n) is 13.5. The van der Waals surface area contributed by atoms with E-state index in [1.54, 1.807) is 14.2 Å². The lowest BCUT2D eigenvalue weighted by atomic mass is 10.00. The highest BCUT2D eigenvalue weighted by atomic mass is 16.5. The minimum absolute atomic E-state index is 0.360. The molecule has 0 bridgehead atoms. The van der Waals surface area contributed by atoms with Gasteiger partial charge < -0.3 is 14.8 Å². The van der Waals surface area contributed by atoms with Crippen molar-refractivity contribution in [1.29, 1.82) is 0 Å². The Morgan fingerprint density at radius 2 is 1.85 bits per heavy atom. The second-order valence-corrected chi connectivity index (χ2v) is 5.56. The van der Waals surface area contributed by atoms with Crippen LogP contribution in [0.15, 0.2) is 18.2 Å². The van der Waals surface area contributed by atoms with Gasteiger partial charge in [0.25, 0.3) is 0 Å². The second kappa shape index (κ2) is 8.98. The molecular formula is C17H29NO2. The first-order valence-electron chi connectivity index (χ1n) is 7.50. The van der Waals surface area contributed by atoms with Crippen LogP contribution in [0.25, 0.3) is 0 Å². The maximum absolute atomic E-state index is 5.47. The number of aryl methyl sites for hydroxylation is 1. The van der Waals surface area contributed by atoms with E-state index in [1.807, 2.05) is 0 Å². The monoisotopic (exact) mass is 279 g/mol. The maximum Gasteiger partial charge on any atom is 0.122 e. The minimum atomic E-state index is 0.360. The first-order chi connectivity index (χ1) is 9.58. The first kappa shape index (κ1) is 17.0. The molecule has 1 aromatic carbocycles. The van der Waals surface area contributed by atoms with E-state index in [0.29, 0.717) is 12.1 Å². The number of ether oxygens (including phenoxy) is 2. The van der Waals surface area contributed by atoms with Crippen molar-refractivity contribution in [2.24, 2.45) is 0 Å². The SMILES string of the molecule is COCCCCc1cc(C(C)NC(C)C)ccc1OC. The molecule has 0 aliphatic carbocycles. The summed E-state index contributed by atoms with van der Waals surface area (Å²) in [5.41, 5.74) is 2.61. The summed E-state index contributed by atoms with van der Waals surface area (Å²) < 4.78 is 10.6. The van der Waals surface area contributed by atoms with Gasteiger partial charge in [-0.3, -0.25) is 0 Å². The molecular weight excluding hydrogens is 250 g/mol. The van der Waals surface area contributed by atoms with E-state index in [1.165, 1.54) is 11.1 Å². The van der Waals surface area contributed by atoms with Crippen LogP contribution in [0.5, 0.6) is 5.75 Å². The molecule has 20 heavy (non-hydrogen) atoms. The average Bonchev–Trinajstić information content (AvgIpc) is 2.42. The molecule has 0 spiro atoms. The zero-order valence-corrected chi connectivity index (χ0v) is 13.5. The number of hydrogen-bond acceptors (Lipinski definition) is 3. The molecule has 1 aromatic rings. The van der Waals surface area contributed by atoms with Crippen LogP contribution in [-0.4, -0.2) is 26.9 Å². The van der Waals surface area contributed by atoms with Crippen molar-refractivity contribution >= 4 is 0 Å². The number of hydrogen-bond donors (Lipinski definition) is 1. The summed E-state index contributed by atoms with van der Waals surface area (Å²) in [7, 11) is 3.49. The minimum Gasteiger partial charge on any atom is -0.496 e. The Balaban J connectivity index is 2.74. The van der Waals surface area contributed by atoms with Gasteiger partial charge in [0.1, 0.15) is 5.75 Å². The number of benzene rings is 1. The van der Waals surface area contributed by atoms with Crippen molar-refractivity contribution in [3.05, 3.63) is 29.3 Å². The molecule has 0 saturated carbocycles. The van der Waals surface area contributed by atoms with E-state index >= 15 is 0 Å². The lowest BCUT2D eigenvalue weighted by molar-refractivity contribution is 0.193. The number of rotatable bonds is 9. The predicted molar refractivity (Wildman–Crippen MR) is 84.5 cm³/mol. The van der Waals surface area contributed by atoms with Crippen molar-refractivity contribution in [2.45, 2.75) is 52.1 Å². The van der Waals surface area contributed by atoms with Gasteiger partial charge in [-0.05, 0) is 43.4 Å². The quantitative estimate of drug-likeness (QED) is 0.699. The van der Waals surface area contributed by atoms with Crippen molar-refractivity contribution in [1.82, 2.24) is 5.32 Å². The molecule has 3 nitrogen and oxygen atoms in total. The average molecular weight is 279 g/mol. The highest BCUT2D eigenvalue weighted by Gasteiger charge is 2.10. The summed E-state index contributed by atoms with van der Waals surface area (Å²) in [6.07, 6.45) is 3.25. The Bertz CT molecular complexity index is 391. The molecule has 0 heterocycles. The van der Waals surface area contributed by atoms with Crippen LogP contribution in [0.2, 0.25) is 0 Å². The molecule has 3 heteroatoms. The Labute approximate surface area is 123 Å². The van der Waals surface area contributed by atoms with E-state index in [0.717, 1.165) is 31.6 Å². The van der Waals surface area contributed by atoms with Crippen LogP contribution in [0.1, 0.15) is 50.8 Å². The third kappa shape index (κ3) is 5.51. The summed E-state index contributed by atoms with van der Waals surface area (Å²) in [6, 6.07) is 7.35. The Morgan fingerprint density at radius 1 is 1.10 bits per heavy atom. The zero-order chi connectivity index (χ0) is 15.0. The van der Waals surface area contributed by atoms with E-state index in [2.05, 4.69) is 44.3 Å². The van der Waals surface area contributed by atoms with Gasteiger partial charge in [-0.25, -0.2) is 0 Å². The van der Waals surface area contributed by atoms with Crippen LogP contribution in [0.3, 0.4) is 0 Å². The fourth-order valence-electron chi connectivity index (χ4n) is 2.42. The first-order valence-corrected chi connectivity index (χ1v) is 7.50. The van der Waals surface area contributed by atoms with Crippen molar-refractivity contribution in [3.63, 3.8) is 0 Å². The fraction of sp³-hybridized carbons (Fsp3) is 0.647. The van der Waals surface area contributed by atoms with Gasteiger partial charge in [-0.1, -0.05) is 26.0 Å². The predicted octanol–water partition coefficient (Wildman–Crippen LogP) is 3.72. The summed E-state index contributed by atoms with van der Waals surface area (Å²) in [6.45, 7) is 7.38. The Kier molecular flexibility index (Phi) is 7.63. The van der Waals surface area contributed by atoms with Crippen LogP contribution < -0.4 is 10.1 Å². The van der Waals surface area contributed by atoms with Crippen LogP contribution in [0.4, 0.5) is 0 Å². The van der Waals surface area contributed by atoms with Crippen molar-refractivity contribution in [3.8, 4) is 5.75 Å². The fourth-order valence-corrected chi connectivity index (χ4v) is 2.42. The molecule has 0 aliphatic rings. The summed E-state index contributed by atoms with van der Waals surface area (Å²) in [4.78, 5) is 0. The lowest BCUT2D eigenvalue weighted by Crippen LogP contribution is -2.26. The highest BCUT2D eigenvalue weighted by Crippen LogP contribution is 2.25. The third-order valence-electron chi connectivity index (χ3n) is 3.43. The van der Waals surface area contributed by atoms with Crippen LogP contribution in [-0.2, 0) is 11.2 Å². The molecule has 1 rings (SSSR count). The van der Waals surface area contributed by atoms with Crippen LogP contribution in [0, 0.1) is 0 Å². The summed E-state index contributed by atoms with van der Waals surface area (Å²) in [5, 5.41) is 3.54. The van der Waals surface area contributed by atoms with Crippen molar-refractivity contribution in [2.75, 3.05) is 20.8 Å². The molecule has 0 saturated heterocycles. The molecule has 0 amide bonds. The van der Waals surface area contributed by atoms with Crippen molar-refractivity contribution < 1.29 is 9.47 Å². The van der Waals surface area contributed by atoms with Gasteiger partial charge in [0.2, 0.25) is 0 Å². The largest absolute Gasteiger partial charge is 0.496 e. The maximum atomic E-state index is 5.47. The molecule has 1 N–H and O–H groups in total. The Morgan fingerprint density at radius 3 is 2.45 bits per heavy atom. The standard InChI is InChI=1S/C17H29NO2/c1-13(2)18-14(3)15-9-10-17(20-5)16(12-15)8-6-7-11-19-4/h9-10,12-14,18H,6-8,11H2,1-5H3. The molecule has 0 aliphatic heterocycles. The van der Waals surface area contributed by atoms with E-state index in [-0.39, 0.29) is 0 Å². The highest BCUT2D eigenvalue weighted by molar-refractivity contribution is 5.38. The molecule has 0 radical (unpaired) electrons. The summed E-state index contributed by atoms with van der Waals surface area (Å²) in [5.74, 6) is 0.989. The normalized spacial score (nSPS) is 12.7. The topological polar surface area (TPSA) is 30.5 Å². The smallest absolute Gasteiger partial charge is 0.122 e.